The van der Waals surface area contributed by atoms with E-state index in [0.29, 0.717) is 31.7 Å². The monoisotopic (exact) mass is 247 g/mol. The Kier molecular flexibility index (Phi) is 3.97. The molecule has 1 aliphatic heterocycles. The number of benzene rings is 1. The fourth-order valence-corrected chi connectivity index (χ4v) is 1.95. The lowest BCUT2D eigenvalue weighted by atomic mass is 10.1. The van der Waals surface area contributed by atoms with Crippen molar-refractivity contribution in [3.05, 3.63) is 29.8 Å². The Bertz CT molecular complexity index is 446. The van der Waals surface area contributed by atoms with Crippen molar-refractivity contribution in [2.75, 3.05) is 19.7 Å². The number of carbonyl (C=O) groups excluding carboxylic acids is 2. The van der Waals surface area contributed by atoms with E-state index in [0.717, 1.165) is 5.56 Å². The Morgan fingerprint density at radius 1 is 1.33 bits per heavy atom. The average Bonchev–Trinajstić information content (AvgIpc) is 2.37. The second-order valence-electron chi connectivity index (χ2n) is 4.52. The van der Waals surface area contributed by atoms with Crippen molar-refractivity contribution < 1.29 is 14.3 Å². The highest BCUT2D eigenvalue weighted by Gasteiger charge is 2.20. The van der Waals surface area contributed by atoms with E-state index in [1.807, 2.05) is 31.2 Å². The number of hydrogen-bond donors (Lipinski definition) is 0. The lowest BCUT2D eigenvalue weighted by Crippen LogP contribution is -2.41. The van der Waals surface area contributed by atoms with Crippen LogP contribution in [0.3, 0.4) is 0 Å². The molecule has 0 aromatic heterocycles. The van der Waals surface area contributed by atoms with Crippen molar-refractivity contribution in [2.45, 2.75) is 19.8 Å². The fraction of sp³-hybridized carbons (Fsp3) is 0.429. The van der Waals surface area contributed by atoms with Gasteiger partial charge in [-0.3, -0.25) is 9.59 Å². The first kappa shape index (κ1) is 12.6. The number of ether oxygens (including phenoxy) is 1. The Morgan fingerprint density at radius 3 is 2.72 bits per heavy atom. The van der Waals surface area contributed by atoms with E-state index in [-0.39, 0.29) is 18.3 Å². The summed E-state index contributed by atoms with van der Waals surface area (Å²) in [6, 6.07) is 7.60. The van der Waals surface area contributed by atoms with Gasteiger partial charge in [-0.15, -0.1) is 0 Å². The summed E-state index contributed by atoms with van der Waals surface area (Å²) in [5.41, 5.74) is 1.10. The molecule has 0 radical (unpaired) electrons. The minimum Gasteiger partial charge on any atom is -0.484 e. The van der Waals surface area contributed by atoms with Crippen molar-refractivity contribution >= 4 is 11.7 Å². The number of hydrogen-bond acceptors (Lipinski definition) is 3. The molecule has 0 bridgehead atoms. The molecule has 1 fully saturated rings. The number of likely N-dealkylation sites (tertiary alicyclic amines) is 1. The normalized spacial score (nSPS) is 15.6. The lowest BCUT2D eigenvalue weighted by molar-refractivity contribution is -0.136. The topological polar surface area (TPSA) is 46.6 Å². The molecule has 0 unspecified atom stereocenters. The van der Waals surface area contributed by atoms with Crippen molar-refractivity contribution in [1.29, 1.82) is 0 Å². The zero-order valence-corrected chi connectivity index (χ0v) is 10.5. The molecule has 1 saturated heterocycles. The van der Waals surface area contributed by atoms with E-state index < -0.39 is 0 Å². The van der Waals surface area contributed by atoms with Gasteiger partial charge in [-0.1, -0.05) is 12.1 Å². The molecule has 1 amide bonds. The van der Waals surface area contributed by atoms with Crippen LogP contribution in [0.15, 0.2) is 24.3 Å². The highest BCUT2D eigenvalue weighted by atomic mass is 16.5. The maximum absolute atomic E-state index is 11.9. The summed E-state index contributed by atoms with van der Waals surface area (Å²) in [4.78, 5) is 24.6. The van der Waals surface area contributed by atoms with Crippen molar-refractivity contribution in [1.82, 2.24) is 4.90 Å². The largest absolute Gasteiger partial charge is 0.484 e. The van der Waals surface area contributed by atoms with Crippen LogP contribution < -0.4 is 4.74 Å². The molecule has 4 heteroatoms. The van der Waals surface area contributed by atoms with Gasteiger partial charge in [0.15, 0.2) is 6.61 Å². The van der Waals surface area contributed by atoms with Crippen molar-refractivity contribution in [3.63, 3.8) is 0 Å². The molecular weight excluding hydrogens is 230 g/mol. The summed E-state index contributed by atoms with van der Waals surface area (Å²) in [5, 5.41) is 0. The van der Waals surface area contributed by atoms with Crippen molar-refractivity contribution in [3.8, 4) is 5.75 Å². The van der Waals surface area contributed by atoms with Crippen LogP contribution in [0.2, 0.25) is 0 Å². The van der Waals surface area contributed by atoms with Crippen LogP contribution in [-0.4, -0.2) is 36.3 Å². The summed E-state index contributed by atoms with van der Waals surface area (Å²) in [6.07, 6.45) is 0.937. The minimum absolute atomic E-state index is 0.0393. The van der Waals surface area contributed by atoms with Gasteiger partial charge in [0.05, 0.1) is 0 Å². The van der Waals surface area contributed by atoms with Gasteiger partial charge in [0, 0.05) is 25.9 Å². The molecular formula is C14H17NO3. The van der Waals surface area contributed by atoms with Crippen molar-refractivity contribution in [2.24, 2.45) is 0 Å². The molecule has 0 spiro atoms. The summed E-state index contributed by atoms with van der Waals surface area (Å²) >= 11 is 0. The van der Waals surface area contributed by atoms with Gasteiger partial charge in [-0.25, -0.2) is 0 Å². The second kappa shape index (κ2) is 5.67. The van der Waals surface area contributed by atoms with Gasteiger partial charge in [-0.05, 0) is 24.6 Å². The van der Waals surface area contributed by atoms with Crippen LogP contribution in [0.4, 0.5) is 0 Å². The Balaban J connectivity index is 1.83. The molecule has 18 heavy (non-hydrogen) atoms. The predicted octanol–water partition coefficient (Wildman–Crippen LogP) is 1.57. The number of nitrogens with zero attached hydrogens (tertiary/aromatic N) is 1. The zero-order valence-electron chi connectivity index (χ0n) is 10.5. The van der Waals surface area contributed by atoms with Gasteiger partial charge in [-0.2, -0.15) is 0 Å². The highest BCUT2D eigenvalue weighted by Crippen LogP contribution is 2.13. The Labute approximate surface area is 107 Å². The molecule has 1 aromatic rings. The van der Waals surface area contributed by atoms with Crippen LogP contribution in [0.25, 0.3) is 0 Å². The zero-order chi connectivity index (χ0) is 13.0. The van der Waals surface area contributed by atoms with Gasteiger partial charge in [0.2, 0.25) is 0 Å². The van der Waals surface area contributed by atoms with E-state index >= 15 is 0 Å². The smallest absolute Gasteiger partial charge is 0.260 e. The first-order chi connectivity index (χ1) is 8.65. The molecule has 1 heterocycles. The molecule has 1 aliphatic rings. The molecule has 0 N–H and O–H groups in total. The van der Waals surface area contributed by atoms with E-state index in [2.05, 4.69) is 0 Å². The molecule has 0 saturated carbocycles. The quantitative estimate of drug-likeness (QED) is 0.814. The molecule has 96 valence electrons. The average molecular weight is 247 g/mol. The molecule has 4 nitrogen and oxygen atoms in total. The first-order valence-electron chi connectivity index (χ1n) is 6.14. The fourth-order valence-electron chi connectivity index (χ4n) is 1.95. The number of Topliss-reactive ketones (excluding diaryl/α,β-unsaturated/α-hetero) is 1. The molecule has 0 aliphatic carbocycles. The summed E-state index contributed by atoms with van der Waals surface area (Å²) in [7, 11) is 0. The number of carbonyl (C=O) groups is 2. The SMILES string of the molecule is Cc1cccc(OCC(=O)N2CCC(=O)CC2)c1. The van der Waals surface area contributed by atoms with E-state index in [1.54, 1.807) is 4.90 Å². The minimum atomic E-state index is -0.0518. The molecule has 1 aromatic carbocycles. The van der Waals surface area contributed by atoms with Crippen LogP contribution >= 0.6 is 0 Å². The second-order valence-corrected chi connectivity index (χ2v) is 4.52. The first-order valence-corrected chi connectivity index (χ1v) is 6.14. The van der Waals surface area contributed by atoms with E-state index in [9.17, 15) is 9.59 Å². The third-order valence-electron chi connectivity index (χ3n) is 3.03. The summed E-state index contributed by atoms with van der Waals surface area (Å²) in [6.45, 7) is 3.06. The molecule has 2 rings (SSSR count). The van der Waals surface area contributed by atoms with Crippen LogP contribution in [0.1, 0.15) is 18.4 Å². The number of rotatable bonds is 3. The number of amides is 1. The van der Waals surface area contributed by atoms with Crippen LogP contribution in [0, 0.1) is 6.92 Å². The van der Waals surface area contributed by atoms with Gasteiger partial charge in [0.25, 0.3) is 5.91 Å². The Morgan fingerprint density at radius 2 is 2.06 bits per heavy atom. The summed E-state index contributed by atoms with van der Waals surface area (Å²) in [5.74, 6) is 0.888. The number of aryl methyl sites for hydroxylation is 1. The maximum atomic E-state index is 11.9. The predicted molar refractivity (Wildman–Crippen MR) is 67.5 cm³/mol. The van der Waals surface area contributed by atoms with Crippen LogP contribution in [-0.2, 0) is 9.59 Å². The maximum Gasteiger partial charge on any atom is 0.260 e. The van der Waals surface area contributed by atoms with E-state index in [1.165, 1.54) is 0 Å². The number of ketones is 1. The lowest BCUT2D eigenvalue weighted by Gasteiger charge is -2.25. The number of piperidine rings is 1. The molecule has 0 atom stereocenters. The van der Waals surface area contributed by atoms with Gasteiger partial charge in [0.1, 0.15) is 11.5 Å². The van der Waals surface area contributed by atoms with Gasteiger partial charge < -0.3 is 9.64 Å². The van der Waals surface area contributed by atoms with E-state index in [4.69, 9.17) is 4.74 Å². The summed E-state index contributed by atoms with van der Waals surface area (Å²) < 4.78 is 5.45. The van der Waals surface area contributed by atoms with Gasteiger partial charge >= 0.3 is 0 Å². The van der Waals surface area contributed by atoms with Crippen LogP contribution in [0.5, 0.6) is 5.75 Å². The standard InChI is InChI=1S/C14H17NO3/c1-11-3-2-4-13(9-11)18-10-14(17)15-7-5-12(16)6-8-15/h2-4,9H,5-8,10H2,1H3. The third-order valence-corrected chi connectivity index (χ3v) is 3.03. The Hall–Kier alpha value is -1.84. The highest BCUT2D eigenvalue weighted by molar-refractivity contribution is 5.83. The third kappa shape index (κ3) is 3.32.